The maximum absolute atomic E-state index is 10.6. The fourth-order valence-corrected chi connectivity index (χ4v) is 2.56. The molecule has 11 heavy (non-hydrogen) atoms. The fourth-order valence-electron chi connectivity index (χ4n) is 1.41. The largest absolute Gasteiger partial charge is 0.465 e. The third-order valence-corrected chi connectivity index (χ3v) is 3.57. The summed E-state index contributed by atoms with van der Waals surface area (Å²) in [5.41, 5.74) is -0.119. The Bertz CT molecular complexity index is 181. The second kappa shape index (κ2) is 2.66. The van der Waals surface area contributed by atoms with Crippen LogP contribution in [0, 0.1) is 5.92 Å². The van der Waals surface area contributed by atoms with E-state index in [1.165, 1.54) is 4.90 Å². The molecule has 2 atom stereocenters. The van der Waals surface area contributed by atoms with Crippen LogP contribution in [0.4, 0.5) is 4.79 Å². The molecule has 1 rings (SSSR count). The summed E-state index contributed by atoms with van der Waals surface area (Å²) in [7, 11) is 1.63. The molecule has 1 saturated carbocycles. The lowest BCUT2D eigenvalue weighted by Crippen LogP contribution is -2.40. The molecule has 1 aliphatic carbocycles. The number of alkyl halides is 1. The first-order chi connectivity index (χ1) is 5.04. The molecular formula is C7H12BrNO2. The van der Waals surface area contributed by atoms with E-state index in [0.29, 0.717) is 5.92 Å². The zero-order valence-electron chi connectivity index (χ0n) is 6.67. The molecule has 0 aromatic heterocycles. The minimum absolute atomic E-state index is 0.119. The Balaban J connectivity index is 2.65. The van der Waals surface area contributed by atoms with E-state index in [4.69, 9.17) is 5.11 Å². The Morgan fingerprint density at radius 3 is 2.45 bits per heavy atom. The zero-order chi connectivity index (χ0) is 8.65. The molecule has 0 saturated heterocycles. The Labute approximate surface area is 74.5 Å². The third-order valence-electron chi connectivity index (χ3n) is 2.60. The Morgan fingerprint density at radius 1 is 1.91 bits per heavy atom. The van der Waals surface area contributed by atoms with Crippen molar-refractivity contribution in [1.29, 1.82) is 0 Å². The van der Waals surface area contributed by atoms with Crippen LogP contribution in [0.25, 0.3) is 0 Å². The van der Waals surface area contributed by atoms with Crippen molar-refractivity contribution in [3.05, 3.63) is 0 Å². The molecule has 4 heteroatoms. The first-order valence-corrected chi connectivity index (χ1v) is 4.69. The van der Waals surface area contributed by atoms with Crippen LogP contribution in [0.2, 0.25) is 0 Å². The maximum atomic E-state index is 10.6. The first-order valence-electron chi connectivity index (χ1n) is 3.57. The van der Waals surface area contributed by atoms with Gasteiger partial charge in [-0.05, 0) is 12.3 Å². The average molecular weight is 222 g/mol. The quantitative estimate of drug-likeness (QED) is 0.723. The Morgan fingerprint density at radius 2 is 2.36 bits per heavy atom. The van der Waals surface area contributed by atoms with Gasteiger partial charge in [-0.25, -0.2) is 4.79 Å². The summed E-state index contributed by atoms with van der Waals surface area (Å²) in [6, 6.07) is 0. The molecule has 64 valence electrons. The van der Waals surface area contributed by atoms with E-state index in [0.717, 1.165) is 11.8 Å². The number of hydrogen-bond acceptors (Lipinski definition) is 1. The molecule has 0 spiro atoms. The van der Waals surface area contributed by atoms with E-state index in [1.54, 1.807) is 7.05 Å². The second-order valence-electron chi connectivity index (χ2n) is 3.18. The molecule has 1 N–H and O–H groups in total. The Kier molecular flexibility index (Phi) is 2.14. The number of hydrogen-bond donors (Lipinski definition) is 1. The minimum Gasteiger partial charge on any atom is -0.465 e. The lowest BCUT2D eigenvalue weighted by molar-refractivity contribution is 0.134. The number of carbonyl (C=O) groups is 1. The average Bonchev–Trinajstić information content (AvgIpc) is 2.61. The van der Waals surface area contributed by atoms with Gasteiger partial charge in [0.15, 0.2) is 0 Å². The van der Waals surface area contributed by atoms with Gasteiger partial charge in [0.2, 0.25) is 0 Å². The van der Waals surface area contributed by atoms with Crippen LogP contribution in [0.15, 0.2) is 0 Å². The van der Waals surface area contributed by atoms with Crippen molar-refractivity contribution in [2.24, 2.45) is 5.92 Å². The van der Waals surface area contributed by atoms with Gasteiger partial charge in [0.25, 0.3) is 0 Å². The van der Waals surface area contributed by atoms with Crippen LogP contribution in [0.3, 0.4) is 0 Å². The molecule has 3 nitrogen and oxygen atoms in total. The second-order valence-corrected chi connectivity index (χ2v) is 3.74. The van der Waals surface area contributed by atoms with Gasteiger partial charge < -0.3 is 10.0 Å². The zero-order valence-corrected chi connectivity index (χ0v) is 8.26. The summed E-state index contributed by atoms with van der Waals surface area (Å²) in [5.74, 6) is 0.489. The molecular weight excluding hydrogens is 210 g/mol. The molecule has 0 unspecified atom stereocenters. The van der Waals surface area contributed by atoms with E-state index in [9.17, 15) is 4.79 Å². The van der Waals surface area contributed by atoms with Gasteiger partial charge in [-0.3, -0.25) is 0 Å². The van der Waals surface area contributed by atoms with E-state index < -0.39 is 6.09 Å². The van der Waals surface area contributed by atoms with Gasteiger partial charge in [0, 0.05) is 12.4 Å². The number of amides is 1. The molecule has 0 bridgehead atoms. The van der Waals surface area contributed by atoms with Crippen LogP contribution in [0.1, 0.15) is 13.3 Å². The predicted octanol–water partition coefficient (Wildman–Crippen LogP) is 1.77. The van der Waals surface area contributed by atoms with Crippen molar-refractivity contribution in [3.63, 3.8) is 0 Å². The standard InChI is InChI=1S/C7H12BrNO2/c1-5-3-7(5,4-8)9(2)6(10)11/h5H,3-4H2,1-2H3,(H,10,11)/t5-,7+/m1/s1. The van der Waals surface area contributed by atoms with E-state index in [2.05, 4.69) is 22.9 Å². The third kappa shape index (κ3) is 1.24. The monoisotopic (exact) mass is 221 g/mol. The van der Waals surface area contributed by atoms with Crippen LogP contribution in [-0.4, -0.2) is 34.0 Å². The van der Waals surface area contributed by atoms with E-state index >= 15 is 0 Å². The van der Waals surface area contributed by atoms with Gasteiger partial charge in [0.1, 0.15) is 0 Å². The number of carboxylic acid groups (broad SMARTS) is 1. The molecule has 0 heterocycles. The van der Waals surface area contributed by atoms with Crippen LogP contribution >= 0.6 is 15.9 Å². The molecule has 1 fully saturated rings. The highest BCUT2D eigenvalue weighted by Crippen LogP contribution is 2.48. The highest BCUT2D eigenvalue weighted by molar-refractivity contribution is 9.09. The lowest BCUT2D eigenvalue weighted by Gasteiger charge is -2.24. The summed E-state index contributed by atoms with van der Waals surface area (Å²) < 4.78 is 0. The topological polar surface area (TPSA) is 40.5 Å². The fraction of sp³-hybridized carbons (Fsp3) is 0.857. The van der Waals surface area contributed by atoms with Gasteiger partial charge in [-0.15, -0.1) is 0 Å². The van der Waals surface area contributed by atoms with Crippen molar-refractivity contribution in [3.8, 4) is 0 Å². The van der Waals surface area contributed by atoms with Gasteiger partial charge in [-0.1, -0.05) is 22.9 Å². The molecule has 0 aromatic rings. The minimum atomic E-state index is -0.839. The number of nitrogens with zero attached hydrogens (tertiary/aromatic N) is 1. The van der Waals surface area contributed by atoms with Crippen molar-refractivity contribution in [2.45, 2.75) is 18.9 Å². The van der Waals surface area contributed by atoms with Gasteiger partial charge >= 0.3 is 6.09 Å². The number of rotatable bonds is 2. The van der Waals surface area contributed by atoms with Gasteiger partial charge in [-0.2, -0.15) is 0 Å². The molecule has 0 radical (unpaired) electrons. The van der Waals surface area contributed by atoms with Crippen molar-refractivity contribution in [2.75, 3.05) is 12.4 Å². The van der Waals surface area contributed by atoms with E-state index in [-0.39, 0.29) is 5.54 Å². The molecule has 1 amide bonds. The van der Waals surface area contributed by atoms with E-state index in [1.807, 2.05) is 0 Å². The first kappa shape index (κ1) is 8.84. The van der Waals surface area contributed by atoms with Crippen LogP contribution < -0.4 is 0 Å². The number of halogens is 1. The predicted molar refractivity (Wildman–Crippen MR) is 46.1 cm³/mol. The Hall–Kier alpha value is -0.250. The smallest absolute Gasteiger partial charge is 0.407 e. The lowest BCUT2D eigenvalue weighted by atomic mass is 10.2. The summed E-state index contributed by atoms with van der Waals surface area (Å²) in [5, 5.41) is 9.45. The highest BCUT2D eigenvalue weighted by Gasteiger charge is 2.55. The SMILES string of the molecule is C[C@@H]1C[C@@]1(CBr)N(C)C(=O)O. The molecule has 0 aliphatic heterocycles. The van der Waals surface area contributed by atoms with Crippen molar-refractivity contribution < 1.29 is 9.90 Å². The van der Waals surface area contributed by atoms with Crippen molar-refractivity contribution >= 4 is 22.0 Å². The summed E-state index contributed by atoms with van der Waals surface area (Å²) in [6.45, 7) is 2.07. The van der Waals surface area contributed by atoms with Crippen molar-refractivity contribution in [1.82, 2.24) is 4.90 Å². The summed E-state index contributed by atoms with van der Waals surface area (Å²) in [6.07, 6.45) is 0.134. The molecule has 0 aromatic carbocycles. The maximum Gasteiger partial charge on any atom is 0.407 e. The highest BCUT2D eigenvalue weighted by atomic mass is 79.9. The summed E-state index contributed by atoms with van der Waals surface area (Å²) in [4.78, 5) is 12.0. The summed E-state index contributed by atoms with van der Waals surface area (Å²) >= 11 is 3.34. The van der Waals surface area contributed by atoms with Crippen LogP contribution in [0.5, 0.6) is 0 Å². The van der Waals surface area contributed by atoms with Gasteiger partial charge in [0.05, 0.1) is 5.54 Å². The van der Waals surface area contributed by atoms with Crippen LogP contribution in [-0.2, 0) is 0 Å². The molecule has 1 aliphatic rings. The normalized spacial score (nSPS) is 35.0.